The van der Waals surface area contributed by atoms with Crippen LogP contribution >= 0.6 is 15.9 Å². The van der Waals surface area contributed by atoms with Crippen LogP contribution in [-0.4, -0.2) is 54.7 Å². The van der Waals surface area contributed by atoms with Gasteiger partial charge in [-0.3, -0.25) is 0 Å². The van der Waals surface area contributed by atoms with Crippen LogP contribution in [0.5, 0.6) is 0 Å². The van der Waals surface area contributed by atoms with Gasteiger partial charge < -0.3 is 14.9 Å². The second-order valence-electron chi connectivity index (χ2n) is 5.87. The summed E-state index contributed by atoms with van der Waals surface area (Å²) in [5, 5.41) is 10.3. The first-order valence-electron chi connectivity index (χ1n) is 7.38. The highest BCUT2D eigenvalue weighted by Crippen LogP contribution is 2.22. The Kier molecular flexibility index (Phi) is 6.02. The lowest BCUT2D eigenvalue weighted by Gasteiger charge is -2.35. The highest BCUT2D eigenvalue weighted by atomic mass is 79.9. The molecule has 1 fully saturated rings. The lowest BCUT2D eigenvalue weighted by Crippen LogP contribution is -2.42. The second-order valence-corrected chi connectivity index (χ2v) is 6.79. The van der Waals surface area contributed by atoms with Crippen LogP contribution in [0.1, 0.15) is 30.9 Å². The van der Waals surface area contributed by atoms with Crippen molar-refractivity contribution in [3.63, 3.8) is 0 Å². The topological polar surface area (TPSA) is 26.7 Å². The molecule has 0 bridgehead atoms. The lowest BCUT2D eigenvalue weighted by atomic mass is 10.0. The molecule has 3 nitrogen and oxygen atoms in total. The summed E-state index contributed by atoms with van der Waals surface area (Å²) in [7, 11) is 4.37. The Bertz CT molecular complexity index is 419. The van der Waals surface area contributed by atoms with E-state index in [9.17, 15) is 5.11 Å². The molecule has 1 aromatic carbocycles. The summed E-state index contributed by atoms with van der Waals surface area (Å²) in [5.41, 5.74) is 0.996. The van der Waals surface area contributed by atoms with Gasteiger partial charge in [-0.1, -0.05) is 28.1 Å². The maximum atomic E-state index is 10.3. The van der Waals surface area contributed by atoms with Gasteiger partial charge in [0, 0.05) is 17.1 Å². The molecule has 112 valence electrons. The summed E-state index contributed by atoms with van der Waals surface area (Å²) in [5.74, 6) is 0. The summed E-state index contributed by atoms with van der Waals surface area (Å²) in [6.45, 7) is 3.31. The van der Waals surface area contributed by atoms with E-state index < -0.39 is 0 Å². The number of halogens is 1. The van der Waals surface area contributed by atoms with Crippen molar-refractivity contribution in [3.05, 3.63) is 34.3 Å². The van der Waals surface area contributed by atoms with Crippen molar-refractivity contribution in [1.29, 1.82) is 0 Å². The Morgan fingerprint density at radius 2 is 2.10 bits per heavy atom. The number of likely N-dealkylation sites (tertiary alicyclic amines) is 1. The molecule has 2 rings (SSSR count). The van der Waals surface area contributed by atoms with Gasteiger partial charge in [0.2, 0.25) is 0 Å². The average Bonchev–Trinajstić information content (AvgIpc) is 2.45. The predicted octanol–water partition coefficient (Wildman–Crippen LogP) is 2.90. The van der Waals surface area contributed by atoms with Crippen molar-refractivity contribution in [2.24, 2.45) is 0 Å². The molecular weight excluding hydrogens is 316 g/mol. The summed E-state index contributed by atoms with van der Waals surface area (Å²) in [6, 6.07) is 8.62. The zero-order chi connectivity index (χ0) is 14.5. The molecule has 0 saturated carbocycles. The number of benzene rings is 1. The standard InChI is InChI=1S/C16H25BrN2O/c1-18-9-6-15(7-10-18)19(2)11-8-16(20)13-4-3-5-14(17)12-13/h3-5,12,15-16,20H,6-11H2,1-2H3. The van der Waals surface area contributed by atoms with Crippen LogP contribution in [0.4, 0.5) is 0 Å². The van der Waals surface area contributed by atoms with Crippen molar-refractivity contribution in [1.82, 2.24) is 9.80 Å². The number of aliphatic hydroxyl groups is 1. The molecule has 1 aliphatic rings. The Morgan fingerprint density at radius 3 is 2.75 bits per heavy atom. The third kappa shape index (κ3) is 4.55. The first kappa shape index (κ1) is 16.0. The molecule has 1 heterocycles. The van der Waals surface area contributed by atoms with Crippen LogP contribution in [-0.2, 0) is 0 Å². The molecule has 0 aromatic heterocycles. The highest BCUT2D eigenvalue weighted by molar-refractivity contribution is 9.10. The van der Waals surface area contributed by atoms with Gasteiger partial charge >= 0.3 is 0 Å². The van der Waals surface area contributed by atoms with E-state index in [1.807, 2.05) is 24.3 Å². The van der Waals surface area contributed by atoms with Gasteiger partial charge in [-0.15, -0.1) is 0 Å². The maximum absolute atomic E-state index is 10.3. The number of piperidine rings is 1. The molecule has 1 atom stereocenters. The van der Waals surface area contributed by atoms with Crippen LogP contribution in [0.15, 0.2) is 28.7 Å². The monoisotopic (exact) mass is 340 g/mol. The lowest BCUT2D eigenvalue weighted by molar-refractivity contribution is 0.110. The minimum Gasteiger partial charge on any atom is -0.388 e. The molecule has 1 unspecified atom stereocenters. The van der Waals surface area contributed by atoms with Crippen LogP contribution < -0.4 is 0 Å². The molecule has 1 N–H and O–H groups in total. The summed E-state index contributed by atoms with van der Waals surface area (Å²) in [4.78, 5) is 4.80. The van der Waals surface area contributed by atoms with Gasteiger partial charge in [0.05, 0.1) is 6.10 Å². The van der Waals surface area contributed by atoms with Crippen molar-refractivity contribution >= 4 is 15.9 Å². The van der Waals surface area contributed by atoms with Gasteiger partial charge in [0.25, 0.3) is 0 Å². The molecule has 1 aromatic rings. The zero-order valence-corrected chi connectivity index (χ0v) is 14.0. The maximum Gasteiger partial charge on any atom is 0.0802 e. The smallest absolute Gasteiger partial charge is 0.0802 e. The van der Waals surface area contributed by atoms with Crippen molar-refractivity contribution in [2.45, 2.75) is 31.4 Å². The predicted molar refractivity (Wildman–Crippen MR) is 86.9 cm³/mol. The zero-order valence-electron chi connectivity index (χ0n) is 12.4. The van der Waals surface area contributed by atoms with E-state index in [0.717, 1.165) is 23.0 Å². The largest absolute Gasteiger partial charge is 0.388 e. The number of hydrogen-bond acceptors (Lipinski definition) is 3. The molecule has 0 amide bonds. The third-order valence-electron chi connectivity index (χ3n) is 4.30. The Labute approximate surface area is 130 Å². The van der Waals surface area contributed by atoms with Crippen LogP contribution in [0.25, 0.3) is 0 Å². The Balaban J connectivity index is 1.79. The minimum absolute atomic E-state index is 0.374. The fraction of sp³-hybridized carbons (Fsp3) is 0.625. The molecule has 0 aliphatic carbocycles. The van der Waals surface area contributed by atoms with Crippen molar-refractivity contribution in [2.75, 3.05) is 33.7 Å². The van der Waals surface area contributed by atoms with E-state index in [1.165, 1.54) is 25.9 Å². The quantitative estimate of drug-likeness (QED) is 0.892. The molecule has 1 saturated heterocycles. The molecule has 20 heavy (non-hydrogen) atoms. The molecule has 1 aliphatic heterocycles. The van der Waals surface area contributed by atoms with E-state index in [2.05, 4.69) is 39.8 Å². The number of aliphatic hydroxyl groups excluding tert-OH is 1. The van der Waals surface area contributed by atoms with E-state index in [-0.39, 0.29) is 6.10 Å². The van der Waals surface area contributed by atoms with Gasteiger partial charge in [-0.05, 0) is 64.1 Å². The first-order valence-corrected chi connectivity index (χ1v) is 8.18. The van der Waals surface area contributed by atoms with Gasteiger partial charge in [0.1, 0.15) is 0 Å². The van der Waals surface area contributed by atoms with Gasteiger partial charge in [-0.2, -0.15) is 0 Å². The number of hydrogen-bond donors (Lipinski definition) is 1. The van der Waals surface area contributed by atoms with Crippen molar-refractivity contribution in [3.8, 4) is 0 Å². The van der Waals surface area contributed by atoms with E-state index >= 15 is 0 Å². The van der Waals surface area contributed by atoms with Crippen molar-refractivity contribution < 1.29 is 5.11 Å². The number of nitrogens with zero attached hydrogens (tertiary/aromatic N) is 2. The normalized spacial score (nSPS) is 19.4. The van der Waals surface area contributed by atoms with Gasteiger partial charge in [0.15, 0.2) is 0 Å². The van der Waals surface area contributed by atoms with Crippen LogP contribution in [0.3, 0.4) is 0 Å². The van der Waals surface area contributed by atoms with E-state index in [0.29, 0.717) is 6.04 Å². The molecule has 0 spiro atoms. The Morgan fingerprint density at radius 1 is 1.40 bits per heavy atom. The summed E-state index contributed by atoms with van der Waals surface area (Å²) >= 11 is 3.45. The second kappa shape index (κ2) is 7.55. The SMILES string of the molecule is CN1CCC(N(C)CCC(O)c2cccc(Br)c2)CC1. The average molecular weight is 341 g/mol. The fourth-order valence-corrected chi connectivity index (χ4v) is 3.24. The number of rotatable bonds is 5. The van der Waals surface area contributed by atoms with Crippen LogP contribution in [0.2, 0.25) is 0 Å². The summed E-state index contributed by atoms with van der Waals surface area (Å²) in [6.07, 6.45) is 2.89. The minimum atomic E-state index is -0.374. The fourth-order valence-electron chi connectivity index (χ4n) is 2.82. The highest BCUT2D eigenvalue weighted by Gasteiger charge is 2.21. The van der Waals surface area contributed by atoms with Gasteiger partial charge in [-0.25, -0.2) is 0 Å². The third-order valence-corrected chi connectivity index (χ3v) is 4.79. The first-order chi connectivity index (χ1) is 9.56. The van der Waals surface area contributed by atoms with E-state index in [1.54, 1.807) is 0 Å². The van der Waals surface area contributed by atoms with Crippen LogP contribution in [0, 0.1) is 0 Å². The Hall–Kier alpha value is -0.420. The summed E-state index contributed by atoms with van der Waals surface area (Å²) < 4.78 is 1.03. The molecule has 0 radical (unpaired) electrons. The van der Waals surface area contributed by atoms with E-state index in [4.69, 9.17) is 0 Å². The molecule has 4 heteroatoms. The molecular formula is C16H25BrN2O.